The van der Waals surface area contributed by atoms with Gasteiger partial charge in [0.1, 0.15) is 48.8 Å². The quantitative estimate of drug-likeness (QED) is 0.125. The van der Waals surface area contributed by atoms with Crippen molar-refractivity contribution >= 4 is 11.7 Å². The fourth-order valence-electron chi connectivity index (χ4n) is 5.07. The molecule has 0 spiro atoms. The number of aliphatic hydroxyl groups excluding tert-OH is 7. The van der Waals surface area contributed by atoms with Crippen molar-refractivity contribution in [3.05, 3.63) is 29.8 Å². The van der Waals surface area contributed by atoms with Gasteiger partial charge in [0.15, 0.2) is 6.29 Å². The molecule has 5 unspecified atom stereocenters. The zero-order valence-corrected chi connectivity index (χ0v) is 23.4. The van der Waals surface area contributed by atoms with E-state index in [4.69, 9.17) is 14.2 Å². The summed E-state index contributed by atoms with van der Waals surface area (Å²) in [6, 6.07) is 6.61. The maximum absolute atomic E-state index is 12.2. The lowest BCUT2D eigenvalue weighted by Crippen LogP contribution is -2.64. The smallest absolute Gasteiger partial charge is 0.319 e. The van der Waals surface area contributed by atoms with Gasteiger partial charge in [-0.05, 0) is 24.1 Å². The summed E-state index contributed by atoms with van der Waals surface area (Å²) in [4.78, 5) is 12.2. The van der Waals surface area contributed by atoms with Crippen LogP contribution in [0.3, 0.4) is 0 Å². The molecule has 3 rings (SSSR count). The monoisotopic (exact) mass is 586 g/mol. The number of carbonyl (C=O) groups is 1. The highest BCUT2D eigenvalue weighted by atomic mass is 16.7. The van der Waals surface area contributed by atoms with Crippen LogP contribution >= 0.6 is 0 Å². The molecule has 10 atom stereocenters. The average molecular weight is 587 g/mol. The second-order valence-corrected chi connectivity index (χ2v) is 10.7. The summed E-state index contributed by atoms with van der Waals surface area (Å²) < 4.78 is 16.7. The summed E-state index contributed by atoms with van der Waals surface area (Å²) in [5, 5.41) is 76.7. The Bertz CT molecular complexity index is 904. The van der Waals surface area contributed by atoms with Gasteiger partial charge in [0.2, 0.25) is 0 Å². The van der Waals surface area contributed by atoms with E-state index in [0.717, 1.165) is 18.4 Å². The van der Waals surface area contributed by atoms with Gasteiger partial charge in [-0.15, -0.1) is 0 Å². The molecule has 234 valence electrons. The number of urea groups is 1. The molecule has 0 aromatic heterocycles. The first-order chi connectivity index (χ1) is 19.7. The van der Waals surface area contributed by atoms with Crippen LogP contribution in [0.15, 0.2) is 24.3 Å². The lowest BCUT2D eigenvalue weighted by Gasteiger charge is -2.46. The van der Waals surface area contributed by atoms with E-state index in [0.29, 0.717) is 12.2 Å². The molecule has 0 saturated carbocycles. The standard InChI is InChI=1S/C28H46N2O11/c1-2-3-4-5-6-7-12-29-28(38)30-17-10-8-16(9-11-17)13-18-21(33)24(36)26(20(15-32)39-18)41-27-25(37)23(35)22(34)19(14-31)40-27/h8-11,18-27,31-37H,2-7,12-15H2,1H3,(H2,29,30,38)/t18-,19?,20?,21?,22-,23?,24+,25-,26+,27?/m0/s1. The predicted molar refractivity (Wildman–Crippen MR) is 147 cm³/mol. The van der Waals surface area contributed by atoms with E-state index in [2.05, 4.69) is 17.6 Å². The SMILES string of the molecule is CCCCCCCCNC(=O)Nc1ccc(C[C@@H]2OC(CO)[C@@H](OC3OC(CO)[C@H](O)C(O)[C@@H]3O)[C@H](O)C2O)cc1. The van der Waals surface area contributed by atoms with Crippen molar-refractivity contribution in [2.45, 2.75) is 113 Å². The molecule has 2 aliphatic rings. The van der Waals surface area contributed by atoms with Crippen LogP contribution in [-0.2, 0) is 20.6 Å². The van der Waals surface area contributed by atoms with E-state index in [1.165, 1.54) is 25.7 Å². The number of ether oxygens (including phenoxy) is 3. The third-order valence-electron chi connectivity index (χ3n) is 7.57. The molecular formula is C28H46N2O11. The Morgan fingerprint density at radius 2 is 1.41 bits per heavy atom. The number of benzene rings is 1. The molecule has 1 aromatic carbocycles. The lowest BCUT2D eigenvalue weighted by molar-refractivity contribution is -0.342. The Hall–Kier alpha value is -1.91. The first kappa shape index (κ1) is 33.6. The second kappa shape index (κ2) is 16.7. The van der Waals surface area contributed by atoms with Gasteiger partial charge in [-0.1, -0.05) is 51.2 Å². The molecule has 0 bridgehead atoms. The van der Waals surface area contributed by atoms with Crippen LogP contribution in [0.4, 0.5) is 10.5 Å². The highest BCUT2D eigenvalue weighted by Gasteiger charge is 2.50. The van der Waals surface area contributed by atoms with Crippen molar-refractivity contribution in [3.8, 4) is 0 Å². The summed E-state index contributed by atoms with van der Waals surface area (Å²) in [7, 11) is 0. The van der Waals surface area contributed by atoms with Gasteiger partial charge in [0.05, 0.1) is 19.3 Å². The summed E-state index contributed by atoms with van der Waals surface area (Å²) in [6.45, 7) is 1.51. The maximum atomic E-state index is 12.2. The molecule has 1 aromatic rings. The minimum atomic E-state index is -1.72. The van der Waals surface area contributed by atoms with Crippen molar-refractivity contribution in [3.63, 3.8) is 0 Å². The third kappa shape index (κ3) is 9.29. The highest BCUT2D eigenvalue weighted by molar-refractivity contribution is 5.89. The van der Waals surface area contributed by atoms with Crippen LogP contribution in [0.25, 0.3) is 0 Å². The Morgan fingerprint density at radius 3 is 2.07 bits per heavy atom. The number of carbonyl (C=O) groups excluding carboxylic acids is 1. The Morgan fingerprint density at radius 1 is 0.780 bits per heavy atom. The second-order valence-electron chi connectivity index (χ2n) is 10.7. The zero-order valence-electron chi connectivity index (χ0n) is 23.4. The number of rotatable bonds is 14. The van der Waals surface area contributed by atoms with E-state index >= 15 is 0 Å². The van der Waals surface area contributed by atoms with Crippen molar-refractivity contribution < 1.29 is 54.8 Å². The molecule has 0 aliphatic carbocycles. The van der Waals surface area contributed by atoms with E-state index in [-0.39, 0.29) is 12.5 Å². The molecule has 41 heavy (non-hydrogen) atoms. The largest absolute Gasteiger partial charge is 0.394 e. The van der Waals surface area contributed by atoms with Gasteiger partial charge < -0.3 is 60.6 Å². The van der Waals surface area contributed by atoms with Gasteiger partial charge in [-0.2, -0.15) is 0 Å². The van der Waals surface area contributed by atoms with Crippen LogP contribution in [0.2, 0.25) is 0 Å². The van der Waals surface area contributed by atoms with Crippen LogP contribution in [-0.4, -0.2) is 123 Å². The number of aliphatic hydroxyl groups is 7. The number of amides is 2. The third-order valence-corrected chi connectivity index (χ3v) is 7.57. The number of anilines is 1. The molecule has 13 heteroatoms. The highest BCUT2D eigenvalue weighted by Crippen LogP contribution is 2.30. The number of unbranched alkanes of at least 4 members (excludes halogenated alkanes) is 5. The lowest BCUT2D eigenvalue weighted by atomic mass is 9.91. The zero-order chi connectivity index (χ0) is 29.9. The summed E-state index contributed by atoms with van der Waals surface area (Å²) in [5.74, 6) is 0. The summed E-state index contributed by atoms with van der Waals surface area (Å²) in [5.41, 5.74) is 1.32. The molecular weight excluding hydrogens is 540 g/mol. The fraction of sp³-hybridized carbons (Fsp3) is 0.750. The van der Waals surface area contributed by atoms with Crippen LogP contribution in [0.5, 0.6) is 0 Å². The number of nitrogens with one attached hydrogen (secondary N) is 2. The molecule has 2 amide bonds. The van der Waals surface area contributed by atoms with Crippen LogP contribution < -0.4 is 10.6 Å². The van der Waals surface area contributed by atoms with Gasteiger partial charge >= 0.3 is 6.03 Å². The molecule has 2 fully saturated rings. The van der Waals surface area contributed by atoms with Crippen LogP contribution in [0.1, 0.15) is 51.0 Å². The normalized spacial score (nSPS) is 33.9. The van der Waals surface area contributed by atoms with Gasteiger partial charge in [0, 0.05) is 18.7 Å². The van der Waals surface area contributed by atoms with Gasteiger partial charge in [-0.25, -0.2) is 4.79 Å². The van der Waals surface area contributed by atoms with E-state index in [1.807, 2.05) is 0 Å². The Kier molecular flexibility index (Phi) is 13.6. The number of hydrogen-bond donors (Lipinski definition) is 9. The van der Waals surface area contributed by atoms with Crippen molar-refractivity contribution in [2.24, 2.45) is 0 Å². The van der Waals surface area contributed by atoms with E-state index in [1.54, 1.807) is 24.3 Å². The Labute approximate surface area is 240 Å². The first-order valence-electron chi connectivity index (χ1n) is 14.4. The molecule has 2 aliphatic heterocycles. The molecule has 2 saturated heterocycles. The van der Waals surface area contributed by atoms with Gasteiger partial charge in [-0.3, -0.25) is 0 Å². The van der Waals surface area contributed by atoms with Crippen molar-refractivity contribution in [1.29, 1.82) is 0 Å². The summed E-state index contributed by atoms with van der Waals surface area (Å²) in [6.07, 6.45) is -7.22. The minimum absolute atomic E-state index is 0.173. The predicted octanol–water partition coefficient (Wildman–Crippen LogP) is -0.622. The maximum Gasteiger partial charge on any atom is 0.319 e. The van der Waals surface area contributed by atoms with Crippen LogP contribution in [0, 0.1) is 0 Å². The summed E-state index contributed by atoms with van der Waals surface area (Å²) >= 11 is 0. The first-order valence-corrected chi connectivity index (χ1v) is 14.4. The molecule has 2 heterocycles. The average Bonchev–Trinajstić information content (AvgIpc) is 2.97. The van der Waals surface area contributed by atoms with E-state index < -0.39 is 74.4 Å². The Balaban J connectivity index is 1.50. The van der Waals surface area contributed by atoms with E-state index in [9.17, 15) is 40.5 Å². The molecule has 9 N–H and O–H groups in total. The minimum Gasteiger partial charge on any atom is -0.394 e. The van der Waals surface area contributed by atoms with Crippen molar-refractivity contribution in [2.75, 3.05) is 25.1 Å². The topological polar surface area (TPSA) is 210 Å². The van der Waals surface area contributed by atoms with Gasteiger partial charge in [0.25, 0.3) is 0 Å². The number of hydrogen-bond acceptors (Lipinski definition) is 11. The molecule has 13 nitrogen and oxygen atoms in total. The fourth-order valence-corrected chi connectivity index (χ4v) is 5.07. The molecule has 0 radical (unpaired) electrons. The van der Waals surface area contributed by atoms with Crippen molar-refractivity contribution in [1.82, 2.24) is 5.32 Å².